The molecule has 2 N–H and O–H groups in total. The Hall–Kier alpha value is -3.62. The average molecular weight is 416 g/mol. The topological polar surface area (TPSA) is 76.0 Å². The second-order valence-corrected chi connectivity index (χ2v) is 6.58. The predicted molar refractivity (Wildman–Crippen MR) is 103 cm³/mol. The molecule has 0 aliphatic carbocycles. The SMILES string of the molecule is Cn1ccnc1C(NC(=O)CCNC(=O)c1ccc(F)cc1F)c1cccc(F)c1. The van der Waals surface area contributed by atoms with Gasteiger partial charge < -0.3 is 15.2 Å². The molecule has 0 aliphatic heterocycles. The summed E-state index contributed by atoms with van der Waals surface area (Å²) in [6.07, 6.45) is 3.15. The molecule has 6 nitrogen and oxygen atoms in total. The summed E-state index contributed by atoms with van der Waals surface area (Å²) in [6.45, 7) is -0.0715. The lowest BCUT2D eigenvalue weighted by Gasteiger charge is -2.19. The van der Waals surface area contributed by atoms with E-state index in [1.807, 2.05) is 0 Å². The first-order chi connectivity index (χ1) is 14.3. The smallest absolute Gasteiger partial charge is 0.254 e. The first kappa shape index (κ1) is 21.1. The van der Waals surface area contributed by atoms with Gasteiger partial charge in [-0.05, 0) is 29.8 Å². The molecule has 0 saturated carbocycles. The number of aromatic nitrogens is 2. The van der Waals surface area contributed by atoms with Crippen molar-refractivity contribution in [1.82, 2.24) is 20.2 Å². The van der Waals surface area contributed by atoms with Gasteiger partial charge in [-0.1, -0.05) is 12.1 Å². The molecule has 9 heteroatoms. The first-order valence-corrected chi connectivity index (χ1v) is 9.10. The number of rotatable bonds is 7. The van der Waals surface area contributed by atoms with Crippen LogP contribution >= 0.6 is 0 Å². The van der Waals surface area contributed by atoms with E-state index >= 15 is 0 Å². The molecular formula is C21H19F3N4O2. The van der Waals surface area contributed by atoms with Gasteiger partial charge in [-0.25, -0.2) is 18.2 Å². The van der Waals surface area contributed by atoms with Gasteiger partial charge in [0.05, 0.1) is 5.56 Å². The van der Waals surface area contributed by atoms with E-state index in [2.05, 4.69) is 15.6 Å². The second-order valence-electron chi connectivity index (χ2n) is 6.58. The van der Waals surface area contributed by atoms with Gasteiger partial charge in [0.15, 0.2) is 0 Å². The molecule has 0 radical (unpaired) electrons. The Labute approximate surface area is 170 Å². The second kappa shape index (κ2) is 9.25. The summed E-state index contributed by atoms with van der Waals surface area (Å²) in [6, 6.07) is 7.72. The number of carbonyl (C=O) groups is 2. The molecule has 0 aliphatic rings. The summed E-state index contributed by atoms with van der Waals surface area (Å²) in [7, 11) is 1.75. The van der Waals surface area contributed by atoms with Crippen LogP contribution in [0.5, 0.6) is 0 Å². The average Bonchev–Trinajstić information content (AvgIpc) is 3.11. The molecule has 1 heterocycles. The zero-order valence-electron chi connectivity index (χ0n) is 16.0. The number of amides is 2. The van der Waals surface area contributed by atoms with E-state index in [-0.39, 0.29) is 18.5 Å². The maximum absolute atomic E-state index is 13.7. The third kappa shape index (κ3) is 5.05. The van der Waals surface area contributed by atoms with Crippen LogP contribution in [-0.4, -0.2) is 27.9 Å². The number of aryl methyl sites for hydroxylation is 1. The van der Waals surface area contributed by atoms with Crippen LogP contribution in [0, 0.1) is 17.5 Å². The van der Waals surface area contributed by atoms with E-state index in [0.717, 1.165) is 12.1 Å². The van der Waals surface area contributed by atoms with Crippen molar-refractivity contribution in [2.45, 2.75) is 12.5 Å². The summed E-state index contributed by atoms with van der Waals surface area (Å²) in [4.78, 5) is 28.7. The molecule has 0 fully saturated rings. The van der Waals surface area contributed by atoms with E-state index in [1.165, 1.54) is 18.2 Å². The van der Waals surface area contributed by atoms with Gasteiger partial charge in [-0.2, -0.15) is 0 Å². The van der Waals surface area contributed by atoms with E-state index in [0.29, 0.717) is 17.5 Å². The fourth-order valence-electron chi connectivity index (χ4n) is 2.93. The number of imidazole rings is 1. The Balaban J connectivity index is 1.64. The van der Waals surface area contributed by atoms with Crippen molar-refractivity contribution in [1.29, 1.82) is 0 Å². The molecule has 1 aromatic heterocycles. The standard InChI is InChI=1S/C21H19F3N4O2/c1-28-10-9-25-20(28)19(13-3-2-4-14(22)11-13)27-18(29)7-8-26-21(30)16-6-5-15(23)12-17(16)24/h2-6,9-12,19H,7-8H2,1H3,(H,26,30)(H,27,29). The lowest BCUT2D eigenvalue weighted by atomic mass is 10.1. The lowest BCUT2D eigenvalue weighted by Crippen LogP contribution is -2.34. The number of benzene rings is 2. The zero-order chi connectivity index (χ0) is 21.7. The molecule has 2 aromatic carbocycles. The van der Waals surface area contributed by atoms with Crippen LogP contribution in [0.2, 0.25) is 0 Å². The maximum Gasteiger partial charge on any atom is 0.254 e. The van der Waals surface area contributed by atoms with Crippen LogP contribution in [0.15, 0.2) is 54.9 Å². The zero-order valence-corrected chi connectivity index (χ0v) is 16.0. The minimum Gasteiger partial charge on any atom is -0.351 e. The highest BCUT2D eigenvalue weighted by molar-refractivity contribution is 5.94. The predicted octanol–water partition coefficient (Wildman–Crippen LogP) is 2.86. The Morgan fingerprint density at radius 3 is 2.53 bits per heavy atom. The minimum atomic E-state index is -0.988. The van der Waals surface area contributed by atoms with Crippen molar-refractivity contribution < 1.29 is 22.8 Å². The van der Waals surface area contributed by atoms with Gasteiger partial charge in [0, 0.05) is 38.5 Å². The minimum absolute atomic E-state index is 0.0715. The van der Waals surface area contributed by atoms with Crippen molar-refractivity contribution in [2.24, 2.45) is 7.05 Å². The molecule has 2 amide bonds. The Bertz CT molecular complexity index is 1070. The van der Waals surface area contributed by atoms with Crippen LogP contribution in [0.1, 0.15) is 34.2 Å². The highest BCUT2D eigenvalue weighted by atomic mass is 19.1. The molecule has 0 saturated heterocycles. The van der Waals surface area contributed by atoms with Gasteiger partial charge in [-0.15, -0.1) is 0 Å². The van der Waals surface area contributed by atoms with Crippen molar-refractivity contribution >= 4 is 11.8 Å². The third-order valence-electron chi connectivity index (χ3n) is 4.42. The molecule has 0 spiro atoms. The molecule has 3 aromatic rings. The van der Waals surface area contributed by atoms with Gasteiger partial charge in [0.1, 0.15) is 29.3 Å². The number of hydrogen-bond donors (Lipinski definition) is 2. The van der Waals surface area contributed by atoms with Crippen molar-refractivity contribution in [3.63, 3.8) is 0 Å². The molecule has 3 rings (SSSR count). The number of nitrogens with zero attached hydrogens (tertiary/aromatic N) is 2. The molecular weight excluding hydrogens is 397 g/mol. The molecule has 1 atom stereocenters. The Morgan fingerprint density at radius 1 is 1.10 bits per heavy atom. The normalized spacial score (nSPS) is 11.7. The van der Waals surface area contributed by atoms with Crippen molar-refractivity contribution in [2.75, 3.05) is 6.54 Å². The van der Waals surface area contributed by atoms with E-state index in [9.17, 15) is 22.8 Å². The number of hydrogen-bond acceptors (Lipinski definition) is 3. The van der Waals surface area contributed by atoms with E-state index in [4.69, 9.17) is 0 Å². The largest absolute Gasteiger partial charge is 0.351 e. The summed E-state index contributed by atoms with van der Waals surface area (Å²) in [5.74, 6) is -2.90. The van der Waals surface area contributed by atoms with Gasteiger partial charge in [-0.3, -0.25) is 9.59 Å². The molecule has 30 heavy (non-hydrogen) atoms. The fraction of sp³-hybridized carbons (Fsp3) is 0.190. The summed E-state index contributed by atoms with van der Waals surface area (Å²) >= 11 is 0. The van der Waals surface area contributed by atoms with Gasteiger partial charge >= 0.3 is 0 Å². The summed E-state index contributed by atoms with van der Waals surface area (Å²) in [5.41, 5.74) is 0.192. The van der Waals surface area contributed by atoms with E-state index < -0.39 is 35.3 Å². The third-order valence-corrected chi connectivity index (χ3v) is 4.42. The van der Waals surface area contributed by atoms with Crippen molar-refractivity contribution in [3.8, 4) is 0 Å². The highest BCUT2D eigenvalue weighted by Crippen LogP contribution is 2.21. The van der Waals surface area contributed by atoms with Crippen LogP contribution in [0.25, 0.3) is 0 Å². The van der Waals surface area contributed by atoms with Gasteiger partial charge in [0.25, 0.3) is 5.91 Å². The molecule has 156 valence electrons. The quantitative estimate of drug-likeness (QED) is 0.622. The number of nitrogens with one attached hydrogen (secondary N) is 2. The summed E-state index contributed by atoms with van der Waals surface area (Å²) < 4.78 is 42.0. The van der Waals surface area contributed by atoms with Crippen molar-refractivity contribution in [3.05, 3.63) is 89.3 Å². The number of halogens is 3. The lowest BCUT2D eigenvalue weighted by molar-refractivity contribution is -0.121. The maximum atomic E-state index is 13.7. The highest BCUT2D eigenvalue weighted by Gasteiger charge is 2.21. The molecule has 1 unspecified atom stereocenters. The van der Waals surface area contributed by atoms with Crippen LogP contribution in [-0.2, 0) is 11.8 Å². The van der Waals surface area contributed by atoms with Crippen LogP contribution in [0.3, 0.4) is 0 Å². The van der Waals surface area contributed by atoms with Gasteiger partial charge in [0.2, 0.25) is 5.91 Å². The number of carbonyl (C=O) groups excluding carboxylic acids is 2. The fourth-order valence-corrected chi connectivity index (χ4v) is 2.93. The van der Waals surface area contributed by atoms with Crippen LogP contribution < -0.4 is 10.6 Å². The Morgan fingerprint density at radius 2 is 1.87 bits per heavy atom. The molecule has 0 bridgehead atoms. The van der Waals surface area contributed by atoms with E-state index in [1.54, 1.807) is 30.1 Å². The van der Waals surface area contributed by atoms with Crippen LogP contribution in [0.4, 0.5) is 13.2 Å². The first-order valence-electron chi connectivity index (χ1n) is 9.10. The summed E-state index contributed by atoms with van der Waals surface area (Å²) in [5, 5.41) is 5.19. The Kier molecular flexibility index (Phi) is 6.51. The monoisotopic (exact) mass is 416 g/mol.